The average Bonchev–Trinajstić information content (AvgIpc) is 2.67. The van der Waals surface area contributed by atoms with E-state index in [9.17, 15) is 9.59 Å². The fraction of sp³-hybridized carbons (Fsp3) is 0.385. The Bertz CT molecular complexity index is 626. The van der Waals surface area contributed by atoms with Crippen LogP contribution in [0.1, 0.15) is 19.9 Å². The number of methoxy groups -OCH3 is 1. The van der Waals surface area contributed by atoms with Gasteiger partial charge in [0, 0.05) is 0 Å². The van der Waals surface area contributed by atoms with Gasteiger partial charge in [0.15, 0.2) is 0 Å². The summed E-state index contributed by atoms with van der Waals surface area (Å²) in [6.07, 6.45) is 0. The van der Waals surface area contributed by atoms with Crippen molar-refractivity contribution in [2.24, 2.45) is 5.92 Å². The molecule has 4 nitrogen and oxygen atoms in total. The summed E-state index contributed by atoms with van der Waals surface area (Å²) in [5.74, 6) is -0.300. The van der Waals surface area contributed by atoms with Crippen molar-refractivity contribution < 1.29 is 9.53 Å². The van der Waals surface area contributed by atoms with Crippen molar-refractivity contribution in [2.45, 2.75) is 19.9 Å². The minimum absolute atomic E-state index is 0.0394. The molecule has 0 radical (unpaired) electrons. The molecule has 1 atom stereocenters. The molecule has 96 valence electrons. The Morgan fingerprint density at radius 3 is 2.56 bits per heavy atom. The molecule has 0 unspecified atom stereocenters. The standard InChI is InChI=1S/C13H15NO3Se/c1-8(2)11(13(16)17-3)14-12(15)9-6-4-5-7-10(9)18-14/h4-8,11H,1-3H3/t11-/m1/s1. The summed E-state index contributed by atoms with van der Waals surface area (Å²) in [6.45, 7) is 3.85. The molecule has 0 aliphatic rings. The fourth-order valence-electron chi connectivity index (χ4n) is 1.93. The molecule has 0 aliphatic heterocycles. The molecule has 1 heterocycles. The van der Waals surface area contributed by atoms with Gasteiger partial charge in [-0.3, -0.25) is 0 Å². The van der Waals surface area contributed by atoms with E-state index >= 15 is 0 Å². The Hall–Kier alpha value is -1.32. The van der Waals surface area contributed by atoms with E-state index in [-0.39, 0.29) is 32.2 Å². The molecule has 0 bridgehead atoms. The molecule has 0 N–H and O–H groups in total. The summed E-state index contributed by atoms with van der Waals surface area (Å²) in [5.41, 5.74) is -0.0605. The third kappa shape index (κ3) is 2.16. The van der Waals surface area contributed by atoms with Crippen molar-refractivity contribution in [3.8, 4) is 0 Å². The van der Waals surface area contributed by atoms with Gasteiger partial charge in [-0.15, -0.1) is 0 Å². The Balaban J connectivity index is 2.61. The van der Waals surface area contributed by atoms with Crippen molar-refractivity contribution in [1.82, 2.24) is 3.56 Å². The number of carbonyl (C=O) groups excluding carboxylic acids is 1. The summed E-state index contributed by atoms with van der Waals surface area (Å²) >= 11 is -0.142. The van der Waals surface area contributed by atoms with E-state index < -0.39 is 6.04 Å². The quantitative estimate of drug-likeness (QED) is 0.636. The summed E-state index contributed by atoms with van der Waals surface area (Å²) in [7, 11) is 1.36. The number of esters is 1. The molecule has 1 aromatic heterocycles. The van der Waals surface area contributed by atoms with Gasteiger partial charge in [-0.05, 0) is 0 Å². The zero-order valence-corrected chi connectivity index (χ0v) is 12.3. The predicted octanol–water partition coefficient (Wildman–Crippen LogP) is 1.43. The van der Waals surface area contributed by atoms with Crippen molar-refractivity contribution >= 4 is 30.3 Å². The van der Waals surface area contributed by atoms with Crippen LogP contribution in [0.4, 0.5) is 0 Å². The molecule has 2 aromatic rings. The number of nitrogens with zero attached hydrogens (tertiary/aromatic N) is 1. The van der Waals surface area contributed by atoms with Crippen LogP contribution < -0.4 is 5.56 Å². The Kier molecular flexibility index (Phi) is 3.73. The van der Waals surface area contributed by atoms with Crippen molar-refractivity contribution in [1.29, 1.82) is 0 Å². The van der Waals surface area contributed by atoms with Gasteiger partial charge < -0.3 is 0 Å². The predicted molar refractivity (Wildman–Crippen MR) is 71.0 cm³/mol. The number of fused-ring (bicyclic) bond motifs is 1. The normalized spacial score (nSPS) is 12.9. The summed E-state index contributed by atoms with van der Waals surface area (Å²) in [4.78, 5) is 24.1. The van der Waals surface area contributed by atoms with Crippen LogP contribution in [0.3, 0.4) is 0 Å². The van der Waals surface area contributed by atoms with E-state index in [0.717, 1.165) is 4.26 Å². The van der Waals surface area contributed by atoms with Crippen LogP contribution >= 0.6 is 0 Å². The second-order valence-electron chi connectivity index (χ2n) is 4.43. The number of hydrogen-bond donors (Lipinski definition) is 0. The summed E-state index contributed by atoms with van der Waals surface area (Å²) in [5, 5.41) is 0.715. The van der Waals surface area contributed by atoms with Gasteiger partial charge in [-0.25, -0.2) is 0 Å². The molecular weight excluding hydrogens is 297 g/mol. The third-order valence-corrected chi connectivity index (χ3v) is 5.24. The molecule has 0 saturated carbocycles. The second-order valence-corrected chi connectivity index (χ2v) is 6.56. The topological polar surface area (TPSA) is 48.3 Å². The molecule has 18 heavy (non-hydrogen) atoms. The van der Waals surface area contributed by atoms with E-state index in [0.29, 0.717) is 5.39 Å². The van der Waals surface area contributed by atoms with Gasteiger partial charge in [0.1, 0.15) is 0 Å². The Morgan fingerprint density at radius 2 is 2.00 bits per heavy atom. The number of benzene rings is 1. The van der Waals surface area contributed by atoms with Crippen molar-refractivity contribution in [3.05, 3.63) is 34.6 Å². The van der Waals surface area contributed by atoms with E-state index in [1.165, 1.54) is 7.11 Å². The summed E-state index contributed by atoms with van der Waals surface area (Å²) < 4.78 is 7.50. The first-order chi connectivity index (χ1) is 8.56. The van der Waals surface area contributed by atoms with Gasteiger partial charge in [0.2, 0.25) is 0 Å². The number of rotatable bonds is 3. The first-order valence-electron chi connectivity index (χ1n) is 5.74. The van der Waals surface area contributed by atoms with E-state index in [2.05, 4.69) is 0 Å². The van der Waals surface area contributed by atoms with E-state index in [1.54, 1.807) is 3.56 Å². The number of ether oxygens (including phenoxy) is 1. The zero-order chi connectivity index (χ0) is 13.3. The van der Waals surface area contributed by atoms with Crippen LogP contribution in [0.15, 0.2) is 29.1 Å². The van der Waals surface area contributed by atoms with Crippen LogP contribution in [0.5, 0.6) is 0 Å². The number of aromatic nitrogens is 1. The van der Waals surface area contributed by atoms with Crippen LogP contribution in [0, 0.1) is 5.92 Å². The first-order valence-corrected chi connectivity index (χ1v) is 7.37. The van der Waals surface area contributed by atoms with Gasteiger partial charge in [0.25, 0.3) is 0 Å². The maximum atomic E-state index is 12.3. The van der Waals surface area contributed by atoms with Crippen molar-refractivity contribution in [2.75, 3.05) is 7.11 Å². The zero-order valence-electron chi connectivity index (χ0n) is 10.5. The van der Waals surface area contributed by atoms with Gasteiger partial charge in [0.05, 0.1) is 0 Å². The summed E-state index contributed by atoms with van der Waals surface area (Å²) in [6, 6.07) is 7.03. The molecular formula is C13H15NO3Se. The van der Waals surface area contributed by atoms with Crippen LogP contribution in [-0.2, 0) is 9.53 Å². The number of carbonyl (C=O) groups is 1. The second kappa shape index (κ2) is 5.12. The van der Waals surface area contributed by atoms with E-state index in [4.69, 9.17) is 4.74 Å². The maximum absolute atomic E-state index is 12.3. The van der Waals surface area contributed by atoms with Gasteiger partial charge in [-0.2, -0.15) is 0 Å². The third-order valence-electron chi connectivity index (χ3n) is 2.84. The van der Waals surface area contributed by atoms with Gasteiger partial charge in [-0.1, -0.05) is 0 Å². The minimum atomic E-state index is -0.491. The first kappa shape index (κ1) is 13.1. The Morgan fingerprint density at radius 1 is 1.33 bits per heavy atom. The van der Waals surface area contributed by atoms with Crippen molar-refractivity contribution in [3.63, 3.8) is 0 Å². The molecule has 0 aliphatic carbocycles. The SMILES string of the molecule is COC(=O)[C@@H](C(C)C)n1[se]c2ccccc2c1=O. The van der Waals surface area contributed by atoms with Crippen LogP contribution in [0.2, 0.25) is 0 Å². The monoisotopic (exact) mass is 313 g/mol. The fourth-order valence-corrected chi connectivity index (χ4v) is 4.51. The Labute approximate surface area is 111 Å². The average molecular weight is 312 g/mol. The van der Waals surface area contributed by atoms with Gasteiger partial charge >= 0.3 is 111 Å². The molecule has 0 fully saturated rings. The van der Waals surface area contributed by atoms with Crippen LogP contribution in [-0.4, -0.2) is 31.4 Å². The van der Waals surface area contributed by atoms with E-state index in [1.807, 2.05) is 38.1 Å². The molecule has 1 aromatic carbocycles. The number of hydrogen-bond acceptors (Lipinski definition) is 3. The van der Waals surface area contributed by atoms with Crippen LogP contribution in [0.25, 0.3) is 9.65 Å². The molecule has 0 spiro atoms. The molecule has 2 rings (SSSR count). The molecule has 0 saturated heterocycles. The molecule has 5 heteroatoms. The molecule has 0 amide bonds.